The van der Waals surface area contributed by atoms with E-state index in [1.807, 2.05) is 5.38 Å². The van der Waals surface area contributed by atoms with E-state index in [2.05, 4.69) is 15.6 Å². The van der Waals surface area contributed by atoms with Crippen molar-refractivity contribution < 1.29 is 14.7 Å². The zero-order valence-corrected chi connectivity index (χ0v) is 10.1. The molecule has 1 rings (SSSR count). The van der Waals surface area contributed by atoms with Gasteiger partial charge in [-0.05, 0) is 6.42 Å². The molecule has 2 amide bonds. The Morgan fingerprint density at radius 3 is 2.76 bits per heavy atom. The normalized spacial score (nSPS) is 9.88. The summed E-state index contributed by atoms with van der Waals surface area (Å²) in [6.45, 7) is 0.892. The van der Waals surface area contributed by atoms with Gasteiger partial charge in [-0.25, -0.2) is 9.78 Å². The fourth-order valence-electron chi connectivity index (χ4n) is 1.17. The Labute approximate surface area is 103 Å². The highest BCUT2D eigenvalue weighted by molar-refractivity contribution is 7.07. The predicted molar refractivity (Wildman–Crippen MR) is 64.1 cm³/mol. The lowest BCUT2D eigenvalue weighted by molar-refractivity contribution is -0.137. The third-order valence-electron chi connectivity index (χ3n) is 2.00. The third kappa shape index (κ3) is 6.52. The minimum Gasteiger partial charge on any atom is -0.481 e. The molecule has 6 nitrogen and oxygen atoms in total. The lowest BCUT2D eigenvalue weighted by Crippen LogP contribution is -2.37. The Morgan fingerprint density at radius 1 is 1.35 bits per heavy atom. The van der Waals surface area contributed by atoms with E-state index in [-0.39, 0.29) is 12.5 Å². The number of urea groups is 1. The molecule has 0 saturated heterocycles. The standard InChI is InChI=1S/C10H15N3O3S/c14-9(15)2-1-4-11-10(16)12-5-3-8-6-17-7-13-8/h6-7H,1-5H2,(H,14,15)(H2,11,12,16). The molecule has 1 aromatic heterocycles. The minimum atomic E-state index is -0.851. The highest BCUT2D eigenvalue weighted by Gasteiger charge is 2.01. The van der Waals surface area contributed by atoms with Crippen LogP contribution in [0.5, 0.6) is 0 Å². The predicted octanol–water partition coefficient (Wildman–Crippen LogP) is 0.850. The Kier molecular flexibility index (Phi) is 6.02. The van der Waals surface area contributed by atoms with Gasteiger partial charge in [0.2, 0.25) is 0 Å². The second-order valence-corrected chi connectivity index (χ2v) is 4.13. The van der Waals surface area contributed by atoms with Crippen molar-refractivity contribution in [3.63, 3.8) is 0 Å². The summed E-state index contributed by atoms with van der Waals surface area (Å²) in [7, 11) is 0. The molecule has 0 unspecified atom stereocenters. The van der Waals surface area contributed by atoms with Crippen molar-refractivity contribution in [2.75, 3.05) is 13.1 Å². The maximum atomic E-state index is 11.2. The largest absolute Gasteiger partial charge is 0.481 e. The van der Waals surface area contributed by atoms with Crippen molar-refractivity contribution in [3.8, 4) is 0 Å². The molecule has 1 aromatic rings. The van der Waals surface area contributed by atoms with Gasteiger partial charge in [0.05, 0.1) is 11.2 Å². The monoisotopic (exact) mass is 257 g/mol. The maximum Gasteiger partial charge on any atom is 0.314 e. The average molecular weight is 257 g/mol. The molecule has 0 radical (unpaired) electrons. The molecule has 1 heterocycles. The average Bonchev–Trinajstić information content (AvgIpc) is 2.77. The molecule has 94 valence electrons. The quantitative estimate of drug-likeness (QED) is 0.631. The Hall–Kier alpha value is -1.63. The first-order valence-electron chi connectivity index (χ1n) is 5.29. The van der Waals surface area contributed by atoms with Crippen LogP contribution in [0.25, 0.3) is 0 Å². The zero-order valence-electron chi connectivity index (χ0n) is 9.31. The van der Waals surface area contributed by atoms with Gasteiger partial charge < -0.3 is 15.7 Å². The van der Waals surface area contributed by atoms with Crippen LogP contribution in [-0.2, 0) is 11.2 Å². The summed E-state index contributed by atoms with van der Waals surface area (Å²) in [5.41, 5.74) is 2.71. The lowest BCUT2D eigenvalue weighted by Gasteiger charge is -2.05. The van der Waals surface area contributed by atoms with E-state index >= 15 is 0 Å². The van der Waals surface area contributed by atoms with Crippen LogP contribution in [0.4, 0.5) is 4.79 Å². The van der Waals surface area contributed by atoms with Crippen molar-refractivity contribution in [2.24, 2.45) is 0 Å². The Morgan fingerprint density at radius 2 is 2.12 bits per heavy atom. The van der Waals surface area contributed by atoms with Gasteiger partial charge in [0, 0.05) is 31.3 Å². The molecule has 0 aromatic carbocycles. The molecule has 17 heavy (non-hydrogen) atoms. The van der Waals surface area contributed by atoms with Gasteiger partial charge in [0.1, 0.15) is 0 Å². The van der Waals surface area contributed by atoms with Gasteiger partial charge in [-0.15, -0.1) is 11.3 Å². The van der Waals surface area contributed by atoms with E-state index in [9.17, 15) is 9.59 Å². The third-order valence-corrected chi connectivity index (χ3v) is 2.64. The molecule has 3 N–H and O–H groups in total. The van der Waals surface area contributed by atoms with Gasteiger partial charge in [0.25, 0.3) is 0 Å². The van der Waals surface area contributed by atoms with Crippen LogP contribution in [0.2, 0.25) is 0 Å². The van der Waals surface area contributed by atoms with Crippen molar-refractivity contribution >= 4 is 23.3 Å². The molecule has 0 aliphatic carbocycles. The number of aromatic nitrogens is 1. The van der Waals surface area contributed by atoms with Crippen LogP contribution >= 0.6 is 11.3 Å². The van der Waals surface area contributed by atoms with Gasteiger partial charge in [-0.3, -0.25) is 4.79 Å². The van der Waals surface area contributed by atoms with Crippen LogP contribution in [0.1, 0.15) is 18.5 Å². The number of hydrogen-bond donors (Lipinski definition) is 3. The summed E-state index contributed by atoms with van der Waals surface area (Å²) in [6.07, 6.45) is 1.21. The fourth-order valence-corrected chi connectivity index (χ4v) is 1.76. The fraction of sp³-hybridized carbons (Fsp3) is 0.500. The van der Waals surface area contributed by atoms with E-state index in [4.69, 9.17) is 5.11 Å². The SMILES string of the molecule is O=C(O)CCCNC(=O)NCCc1cscn1. The first kappa shape index (κ1) is 13.4. The molecule has 0 fully saturated rings. The van der Waals surface area contributed by atoms with Crippen molar-refractivity contribution in [1.29, 1.82) is 0 Å². The van der Waals surface area contributed by atoms with E-state index in [1.165, 1.54) is 11.3 Å². The molecule has 0 aliphatic rings. The lowest BCUT2D eigenvalue weighted by atomic mass is 10.3. The summed E-state index contributed by atoms with van der Waals surface area (Å²) >= 11 is 1.52. The van der Waals surface area contributed by atoms with E-state index < -0.39 is 5.97 Å². The molecule has 7 heteroatoms. The van der Waals surface area contributed by atoms with Crippen LogP contribution in [-0.4, -0.2) is 35.2 Å². The van der Waals surface area contributed by atoms with Crippen molar-refractivity contribution in [3.05, 3.63) is 16.6 Å². The van der Waals surface area contributed by atoms with Gasteiger partial charge >= 0.3 is 12.0 Å². The minimum absolute atomic E-state index is 0.0686. The number of hydrogen-bond acceptors (Lipinski definition) is 4. The highest BCUT2D eigenvalue weighted by atomic mass is 32.1. The number of carbonyl (C=O) groups is 2. The number of rotatable bonds is 7. The summed E-state index contributed by atoms with van der Waals surface area (Å²) in [6, 6.07) is -0.273. The maximum absolute atomic E-state index is 11.2. The molecule has 0 bridgehead atoms. The van der Waals surface area contributed by atoms with E-state index in [0.717, 1.165) is 5.69 Å². The number of aliphatic carboxylic acids is 1. The molecule has 0 saturated carbocycles. The van der Waals surface area contributed by atoms with Crippen LogP contribution in [0, 0.1) is 0 Å². The van der Waals surface area contributed by atoms with Gasteiger partial charge in [0.15, 0.2) is 0 Å². The van der Waals surface area contributed by atoms with Gasteiger partial charge in [-0.1, -0.05) is 0 Å². The second-order valence-electron chi connectivity index (χ2n) is 3.41. The topological polar surface area (TPSA) is 91.3 Å². The van der Waals surface area contributed by atoms with Crippen molar-refractivity contribution in [1.82, 2.24) is 15.6 Å². The molecule has 0 spiro atoms. The molecule has 0 atom stereocenters. The number of carbonyl (C=O) groups excluding carboxylic acids is 1. The first-order chi connectivity index (χ1) is 8.18. The Bertz CT molecular complexity index is 354. The van der Waals surface area contributed by atoms with E-state index in [1.54, 1.807) is 5.51 Å². The summed E-state index contributed by atoms with van der Waals surface area (Å²) in [5, 5.41) is 15.6. The highest BCUT2D eigenvalue weighted by Crippen LogP contribution is 2.00. The van der Waals surface area contributed by atoms with Gasteiger partial charge in [-0.2, -0.15) is 0 Å². The molecule has 0 aliphatic heterocycles. The number of nitrogens with zero attached hydrogens (tertiary/aromatic N) is 1. The summed E-state index contributed by atoms with van der Waals surface area (Å²) < 4.78 is 0. The summed E-state index contributed by atoms with van der Waals surface area (Å²) in [4.78, 5) is 25.5. The Balaban J connectivity index is 1.99. The number of nitrogens with one attached hydrogen (secondary N) is 2. The van der Waals surface area contributed by atoms with Crippen LogP contribution in [0.3, 0.4) is 0 Å². The van der Waals surface area contributed by atoms with Crippen LogP contribution in [0.15, 0.2) is 10.9 Å². The molecular weight excluding hydrogens is 242 g/mol. The van der Waals surface area contributed by atoms with Crippen molar-refractivity contribution in [2.45, 2.75) is 19.3 Å². The number of carboxylic acids is 1. The number of thiazole rings is 1. The second kappa shape index (κ2) is 7.61. The van der Waals surface area contributed by atoms with Crippen LogP contribution < -0.4 is 10.6 Å². The summed E-state index contributed by atoms with van der Waals surface area (Å²) in [5.74, 6) is -0.851. The smallest absolute Gasteiger partial charge is 0.314 e. The van der Waals surface area contributed by atoms with E-state index in [0.29, 0.717) is 25.9 Å². The number of amides is 2. The molecular formula is C10H15N3O3S. The first-order valence-corrected chi connectivity index (χ1v) is 6.23. The zero-order chi connectivity index (χ0) is 12.5. The number of carboxylic acid groups (broad SMARTS) is 1.